The Labute approximate surface area is 157 Å². The molecule has 2 fully saturated rings. The van der Waals surface area contributed by atoms with Gasteiger partial charge >= 0.3 is 0 Å². The number of likely N-dealkylation sites (tertiary alicyclic amines) is 1. The van der Waals surface area contributed by atoms with E-state index in [1.165, 1.54) is 0 Å². The summed E-state index contributed by atoms with van der Waals surface area (Å²) in [4.78, 5) is 26.8. The van der Waals surface area contributed by atoms with Gasteiger partial charge in [0.05, 0.1) is 16.0 Å². The fourth-order valence-corrected chi connectivity index (χ4v) is 3.54. The molecule has 1 saturated heterocycles. The number of carbonyl (C=O) groups excluding carboxylic acids is 2. The monoisotopic (exact) mass is 383 g/mol. The lowest BCUT2D eigenvalue weighted by Crippen LogP contribution is -2.47. The van der Waals surface area contributed by atoms with Gasteiger partial charge in [0.15, 0.2) is 0 Å². The van der Waals surface area contributed by atoms with Gasteiger partial charge in [-0.25, -0.2) is 0 Å². The van der Waals surface area contributed by atoms with Crippen LogP contribution >= 0.6 is 23.2 Å². The van der Waals surface area contributed by atoms with E-state index in [4.69, 9.17) is 28.9 Å². The molecule has 0 bridgehead atoms. The number of carbonyl (C=O) groups is 2. The molecule has 0 radical (unpaired) electrons. The van der Waals surface area contributed by atoms with Crippen molar-refractivity contribution in [1.29, 1.82) is 0 Å². The van der Waals surface area contributed by atoms with Gasteiger partial charge in [0.25, 0.3) is 5.91 Å². The Morgan fingerprint density at radius 1 is 1.24 bits per heavy atom. The number of hydrogen-bond donors (Lipinski definition) is 2. The summed E-state index contributed by atoms with van der Waals surface area (Å²) in [5.41, 5.74) is 6.52. The average molecular weight is 384 g/mol. The quantitative estimate of drug-likeness (QED) is 0.820. The van der Waals surface area contributed by atoms with Crippen molar-refractivity contribution in [2.24, 2.45) is 17.6 Å². The van der Waals surface area contributed by atoms with E-state index in [1.807, 2.05) is 0 Å². The van der Waals surface area contributed by atoms with Crippen LogP contribution in [0.2, 0.25) is 10.0 Å². The zero-order valence-corrected chi connectivity index (χ0v) is 15.5. The molecule has 3 rings (SSSR count). The van der Waals surface area contributed by atoms with Gasteiger partial charge in [-0.15, -0.1) is 0 Å². The number of halogens is 2. The Hall–Kier alpha value is -1.30. The maximum atomic E-state index is 12.7. The van der Waals surface area contributed by atoms with Crippen molar-refractivity contribution >= 4 is 35.0 Å². The van der Waals surface area contributed by atoms with Crippen LogP contribution in [0.4, 0.5) is 0 Å². The number of benzene rings is 1. The lowest BCUT2D eigenvalue weighted by atomic mass is 9.96. The van der Waals surface area contributed by atoms with E-state index in [9.17, 15) is 9.59 Å². The lowest BCUT2D eigenvalue weighted by molar-refractivity contribution is -0.126. The molecular formula is C18H23Cl2N3O2. The molecule has 136 valence electrons. The highest BCUT2D eigenvalue weighted by molar-refractivity contribution is 6.42. The van der Waals surface area contributed by atoms with Crippen molar-refractivity contribution in [2.45, 2.75) is 31.7 Å². The summed E-state index contributed by atoms with van der Waals surface area (Å²) in [6.45, 7) is 1.58. The molecule has 3 N–H and O–H groups in total. The highest BCUT2D eigenvalue weighted by Gasteiger charge is 2.31. The van der Waals surface area contributed by atoms with Gasteiger partial charge in [-0.2, -0.15) is 0 Å². The standard InChI is InChI=1S/C18H23Cl2N3O2/c19-14-6-5-12(8-15(14)20)18(25)23-7-1-2-13(10-23)17(24)22-9-16(21)11-3-4-11/h5-6,8,11,13,16H,1-4,7,9-10,21H2,(H,22,24). The second-order valence-corrected chi connectivity index (χ2v) is 7.78. The third-order valence-corrected chi connectivity index (χ3v) is 5.72. The normalized spacial score (nSPS) is 21.7. The van der Waals surface area contributed by atoms with Crippen LogP contribution in [0, 0.1) is 11.8 Å². The van der Waals surface area contributed by atoms with Crippen molar-refractivity contribution in [3.8, 4) is 0 Å². The Morgan fingerprint density at radius 2 is 2.00 bits per heavy atom. The molecule has 1 aliphatic carbocycles. The van der Waals surface area contributed by atoms with Crippen LogP contribution in [-0.2, 0) is 4.79 Å². The fourth-order valence-electron chi connectivity index (χ4n) is 3.24. The minimum Gasteiger partial charge on any atom is -0.354 e. The van der Waals surface area contributed by atoms with Crippen LogP contribution in [0.1, 0.15) is 36.0 Å². The van der Waals surface area contributed by atoms with Crippen molar-refractivity contribution < 1.29 is 9.59 Å². The number of nitrogens with two attached hydrogens (primary N) is 1. The summed E-state index contributed by atoms with van der Waals surface area (Å²) in [6.07, 6.45) is 3.91. The molecule has 2 aliphatic rings. The zero-order valence-electron chi connectivity index (χ0n) is 14.0. The molecule has 0 spiro atoms. The van der Waals surface area contributed by atoms with Crippen LogP contribution in [0.3, 0.4) is 0 Å². The topological polar surface area (TPSA) is 75.4 Å². The van der Waals surface area contributed by atoms with E-state index < -0.39 is 0 Å². The largest absolute Gasteiger partial charge is 0.354 e. The van der Waals surface area contributed by atoms with Crippen LogP contribution < -0.4 is 11.1 Å². The first kappa shape index (κ1) is 18.5. The second-order valence-electron chi connectivity index (χ2n) is 6.97. The highest BCUT2D eigenvalue weighted by Crippen LogP contribution is 2.31. The zero-order chi connectivity index (χ0) is 18.0. The maximum absolute atomic E-state index is 12.7. The van der Waals surface area contributed by atoms with Crippen molar-refractivity contribution in [3.05, 3.63) is 33.8 Å². The minimum absolute atomic E-state index is 0.0114. The van der Waals surface area contributed by atoms with Gasteiger partial charge < -0.3 is 16.0 Å². The molecule has 1 aliphatic heterocycles. The number of nitrogens with zero attached hydrogens (tertiary/aromatic N) is 1. The van der Waals surface area contributed by atoms with Crippen LogP contribution in [0.25, 0.3) is 0 Å². The molecule has 1 aromatic carbocycles. The van der Waals surface area contributed by atoms with E-state index in [1.54, 1.807) is 23.1 Å². The number of piperidine rings is 1. The van der Waals surface area contributed by atoms with E-state index in [-0.39, 0.29) is 23.8 Å². The molecule has 25 heavy (non-hydrogen) atoms. The summed E-state index contributed by atoms with van der Waals surface area (Å²) >= 11 is 11.9. The van der Waals surface area contributed by atoms with E-state index in [0.717, 1.165) is 25.7 Å². The SMILES string of the molecule is NC(CNC(=O)C1CCCN(C(=O)c2ccc(Cl)c(Cl)c2)C1)C1CC1. The number of amides is 2. The van der Waals surface area contributed by atoms with Crippen molar-refractivity contribution in [1.82, 2.24) is 10.2 Å². The molecule has 5 nitrogen and oxygen atoms in total. The first-order valence-electron chi connectivity index (χ1n) is 8.73. The molecular weight excluding hydrogens is 361 g/mol. The van der Waals surface area contributed by atoms with E-state index in [0.29, 0.717) is 41.2 Å². The lowest BCUT2D eigenvalue weighted by Gasteiger charge is -2.32. The van der Waals surface area contributed by atoms with Gasteiger partial charge in [0.1, 0.15) is 0 Å². The minimum atomic E-state index is -0.188. The Bertz CT molecular complexity index is 664. The molecule has 2 atom stereocenters. The highest BCUT2D eigenvalue weighted by atomic mass is 35.5. The van der Waals surface area contributed by atoms with Gasteiger partial charge in [-0.05, 0) is 49.8 Å². The number of nitrogens with one attached hydrogen (secondary N) is 1. The summed E-state index contributed by atoms with van der Waals surface area (Å²) < 4.78 is 0. The van der Waals surface area contributed by atoms with Crippen LogP contribution in [0.15, 0.2) is 18.2 Å². The van der Waals surface area contributed by atoms with Gasteiger partial charge in [0.2, 0.25) is 5.91 Å². The van der Waals surface area contributed by atoms with Gasteiger partial charge in [-0.1, -0.05) is 23.2 Å². The Kier molecular flexibility index (Phi) is 5.87. The van der Waals surface area contributed by atoms with Gasteiger partial charge in [0, 0.05) is 31.2 Å². The predicted molar refractivity (Wildman–Crippen MR) is 98.8 cm³/mol. The Morgan fingerprint density at radius 3 is 2.68 bits per heavy atom. The molecule has 1 heterocycles. The number of rotatable bonds is 5. The predicted octanol–water partition coefficient (Wildman–Crippen LogP) is 2.70. The van der Waals surface area contributed by atoms with E-state index in [2.05, 4.69) is 5.32 Å². The Balaban J connectivity index is 1.57. The average Bonchev–Trinajstić information content (AvgIpc) is 3.46. The molecule has 7 heteroatoms. The smallest absolute Gasteiger partial charge is 0.253 e. The number of hydrogen-bond acceptors (Lipinski definition) is 3. The molecule has 2 unspecified atom stereocenters. The summed E-state index contributed by atoms with van der Waals surface area (Å²) in [5, 5.41) is 3.72. The first-order valence-corrected chi connectivity index (χ1v) is 9.49. The third-order valence-electron chi connectivity index (χ3n) is 4.99. The summed E-state index contributed by atoms with van der Waals surface area (Å²) in [5.74, 6) is 0.236. The molecule has 0 aromatic heterocycles. The summed E-state index contributed by atoms with van der Waals surface area (Å²) in [6, 6.07) is 4.89. The van der Waals surface area contributed by atoms with Crippen LogP contribution in [0.5, 0.6) is 0 Å². The fraction of sp³-hybridized carbons (Fsp3) is 0.556. The van der Waals surface area contributed by atoms with Crippen molar-refractivity contribution in [3.63, 3.8) is 0 Å². The first-order chi connectivity index (χ1) is 12.0. The molecule has 2 amide bonds. The molecule has 1 saturated carbocycles. The van der Waals surface area contributed by atoms with Gasteiger partial charge in [-0.3, -0.25) is 9.59 Å². The third kappa shape index (κ3) is 4.66. The second kappa shape index (κ2) is 7.94. The van der Waals surface area contributed by atoms with Crippen molar-refractivity contribution in [2.75, 3.05) is 19.6 Å². The van der Waals surface area contributed by atoms with Crippen LogP contribution in [-0.4, -0.2) is 42.4 Å². The maximum Gasteiger partial charge on any atom is 0.253 e. The molecule has 1 aromatic rings. The summed E-state index contributed by atoms with van der Waals surface area (Å²) in [7, 11) is 0. The van der Waals surface area contributed by atoms with E-state index >= 15 is 0 Å².